The molecule has 0 atom stereocenters. The number of ketones is 1. The van der Waals surface area contributed by atoms with Crippen LogP contribution >= 0.6 is 27.3 Å². The van der Waals surface area contributed by atoms with E-state index >= 15 is 0 Å². The van der Waals surface area contributed by atoms with Crippen molar-refractivity contribution in [3.8, 4) is 0 Å². The maximum Gasteiger partial charge on any atom is 0.267 e. The summed E-state index contributed by atoms with van der Waals surface area (Å²) in [5, 5.41) is 6.21. The lowest BCUT2D eigenvalue weighted by Gasteiger charge is -2.15. The van der Waals surface area contributed by atoms with Gasteiger partial charge in [0.05, 0.1) is 10.6 Å². The number of nitrogens with zero attached hydrogens (tertiary/aromatic N) is 2. The molecule has 0 saturated carbocycles. The van der Waals surface area contributed by atoms with Crippen LogP contribution in [0.3, 0.4) is 0 Å². The number of carbonyl (C=O) groups excluding carboxylic acids is 1. The fourth-order valence-corrected chi connectivity index (χ4v) is 3.94. The van der Waals surface area contributed by atoms with Gasteiger partial charge in [-0.1, -0.05) is 0 Å². The van der Waals surface area contributed by atoms with Crippen molar-refractivity contribution in [1.29, 1.82) is 0 Å². The minimum absolute atomic E-state index is 0.00519. The van der Waals surface area contributed by atoms with Gasteiger partial charge >= 0.3 is 0 Å². The second kappa shape index (κ2) is 5.61. The van der Waals surface area contributed by atoms with E-state index in [9.17, 15) is 9.59 Å². The smallest absolute Gasteiger partial charge is 0.267 e. The lowest BCUT2D eigenvalue weighted by atomic mass is 9.97. The average molecular weight is 353 g/mol. The third kappa shape index (κ3) is 2.62. The largest absolute Gasteiger partial charge is 0.291 e. The Labute approximate surface area is 128 Å². The van der Waals surface area contributed by atoms with Crippen LogP contribution in [-0.2, 0) is 19.4 Å². The van der Waals surface area contributed by atoms with Gasteiger partial charge in [0.25, 0.3) is 5.56 Å². The van der Waals surface area contributed by atoms with Gasteiger partial charge in [0.1, 0.15) is 6.54 Å². The predicted octanol–water partition coefficient (Wildman–Crippen LogP) is 2.83. The van der Waals surface area contributed by atoms with Gasteiger partial charge in [0.15, 0.2) is 5.78 Å². The number of hydrogen-bond donors (Lipinski definition) is 0. The predicted molar refractivity (Wildman–Crippen MR) is 81.5 cm³/mol. The Hall–Kier alpha value is -1.27. The van der Waals surface area contributed by atoms with Gasteiger partial charge in [0.2, 0.25) is 0 Å². The monoisotopic (exact) mass is 352 g/mol. The van der Waals surface area contributed by atoms with Gasteiger partial charge < -0.3 is 0 Å². The van der Waals surface area contributed by atoms with Crippen LogP contribution in [0.25, 0.3) is 0 Å². The molecular formula is C14H13BrN2O2S. The summed E-state index contributed by atoms with van der Waals surface area (Å²) >= 11 is 4.71. The highest BCUT2D eigenvalue weighted by Crippen LogP contribution is 2.23. The first-order valence-electron chi connectivity index (χ1n) is 6.51. The minimum atomic E-state index is -0.188. The average Bonchev–Trinajstić information content (AvgIpc) is 2.86. The number of rotatable bonds is 3. The van der Waals surface area contributed by atoms with Crippen LogP contribution in [0, 0.1) is 0 Å². The number of aryl methyl sites for hydroxylation is 2. The number of Topliss-reactive ketones (excluding diaryl/α,β-unsaturated/α-hetero) is 1. The van der Waals surface area contributed by atoms with Gasteiger partial charge in [-0.2, -0.15) is 5.10 Å². The molecule has 2 heterocycles. The lowest BCUT2D eigenvalue weighted by molar-refractivity contribution is 0.0968. The summed E-state index contributed by atoms with van der Waals surface area (Å²) in [5.74, 6) is -0.0859. The third-order valence-electron chi connectivity index (χ3n) is 3.44. The molecule has 0 unspecified atom stereocenters. The van der Waals surface area contributed by atoms with E-state index in [1.807, 2.05) is 11.4 Å². The molecule has 0 spiro atoms. The van der Waals surface area contributed by atoms with Crippen LogP contribution < -0.4 is 5.56 Å². The molecule has 0 aromatic carbocycles. The van der Waals surface area contributed by atoms with Crippen molar-refractivity contribution in [2.45, 2.75) is 32.2 Å². The van der Waals surface area contributed by atoms with E-state index in [4.69, 9.17) is 0 Å². The molecule has 3 rings (SSSR count). The second-order valence-corrected chi connectivity index (χ2v) is 6.61. The Bertz CT molecular complexity index is 720. The molecule has 0 N–H and O–H groups in total. The molecule has 0 amide bonds. The van der Waals surface area contributed by atoms with E-state index in [0.717, 1.165) is 41.4 Å². The van der Waals surface area contributed by atoms with Gasteiger partial charge in [0, 0.05) is 10.5 Å². The molecule has 4 nitrogen and oxygen atoms in total. The summed E-state index contributed by atoms with van der Waals surface area (Å²) < 4.78 is 2.07. The summed E-state index contributed by atoms with van der Waals surface area (Å²) in [5.41, 5.74) is 1.82. The molecule has 104 valence electrons. The first kappa shape index (κ1) is 13.7. The van der Waals surface area contributed by atoms with Crippen LogP contribution in [0.4, 0.5) is 0 Å². The SMILES string of the molecule is O=C(Cn1nc2c(cc1=O)CCCC2)c1sccc1Br. The van der Waals surface area contributed by atoms with E-state index in [-0.39, 0.29) is 17.9 Å². The van der Waals surface area contributed by atoms with Gasteiger partial charge in [-0.3, -0.25) is 9.59 Å². The quantitative estimate of drug-likeness (QED) is 0.798. The number of hydrogen-bond acceptors (Lipinski definition) is 4. The zero-order valence-electron chi connectivity index (χ0n) is 10.8. The first-order chi connectivity index (χ1) is 9.65. The van der Waals surface area contributed by atoms with Crippen LogP contribution in [0.2, 0.25) is 0 Å². The number of thiophene rings is 1. The topological polar surface area (TPSA) is 52.0 Å². The van der Waals surface area contributed by atoms with E-state index in [1.165, 1.54) is 16.0 Å². The van der Waals surface area contributed by atoms with Crippen molar-refractivity contribution >= 4 is 33.0 Å². The molecule has 0 saturated heterocycles. The first-order valence-corrected chi connectivity index (χ1v) is 8.18. The molecule has 1 aliphatic rings. The molecule has 1 aliphatic carbocycles. The summed E-state index contributed by atoms with van der Waals surface area (Å²) in [6.07, 6.45) is 4.02. The van der Waals surface area contributed by atoms with Gasteiger partial charge in [-0.05, 0) is 58.6 Å². The molecule has 0 bridgehead atoms. The lowest BCUT2D eigenvalue weighted by Crippen LogP contribution is -2.29. The second-order valence-electron chi connectivity index (χ2n) is 4.84. The number of halogens is 1. The maximum absolute atomic E-state index is 12.2. The maximum atomic E-state index is 12.2. The number of aromatic nitrogens is 2. The highest BCUT2D eigenvalue weighted by molar-refractivity contribution is 9.10. The van der Waals surface area contributed by atoms with E-state index in [0.29, 0.717) is 4.88 Å². The Morgan fingerprint density at radius 1 is 1.40 bits per heavy atom. The van der Waals surface area contributed by atoms with E-state index in [2.05, 4.69) is 21.0 Å². The van der Waals surface area contributed by atoms with Crippen molar-refractivity contribution in [3.05, 3.63) is 48.5 Å². The van der Waals surface area contributed by atoms with Crippen LogP contribution in [0.15, 0.2) is 26.8 Å². The minimum Gasteiger partial charge on any atom is -0.291 e. The molecule has 0 fully saturated rings. The molecule has 2 aromatic rings. The summed E-state index contributed by atoms with van der Waals surface area (Å²) in [4.78, 5) is 24.9. The molecule has 20 heavy (non-hydrogen) atoms. The normalized spacial score (nSPS) is 14.1. The molecule has 0 aliphatic heterocycles. The van der Waals surface area contributed by atoms with Crippen LogP contribution in [-0.4, -0.2) is 15.6 Å². The standard InChI is InChI=1S/C14H13BrN2O2S/c15-10-5-6-20-14(10)12(18)8-17-13(19)7-9-3-1-2-4-11(9)16-17/h5-7H,1-4,8H2. The van der Waals surface area contributed by atoms with Crippen LogP contribution in [0.5, 0.6) is 0 Å². The molecule has 0 radical (unpaired) electrons. The fourth-order valence-electron chi connectivity index (χ4n) is 2.41. The van der Waals surface area contributed by atoms with Gasteiger partial charge in [-0.25, -0.2) is 4.68 Å². The number of carbonyl (C=O) groups is 1. The zero-order valence-corrected chi connectivity index (χ0v) is 13.2. The number of fused-ring (bicyclic) bond motifs is 1. The van der Waals surface area contributed by atoms with Crippen molar-refractivity contribution in [2.24, 2.45) is 0 Å². The molecular weight excluding hydrogens is 340 g/mol. The van der Waals surface area contributed by atoms with Crippen molar-refractivity contribution < 1.29 is 4.79 Å². The zero-order chi connectivity index (χ0) is 14.1. The summed E-state index contributed by atoms with van der Waals surface area (Å²) in [7, 11) is 0. The summed E-state index contributed by atoms with van der Waals surface area (Å²) in [6, 6.07) is 3.47. The Morgan fingerprint density at radius 3 is 2.95 bits per heavy atom. The highest BCUT2D eigenvalue weighted by Gasteiger charge is 2.17. The van der Waals surface area contributed by atoms with Crippen LogP contribution in [0.1, 0.15) is 33.8 Å². The van der Waals surface area contributed by atoms with Gasteiger partial charge in [-0.15, -0.1) is 11.3 Å². The van der Waals surface area contributed by atoms with Crippen molar-refractivity contribution in [3.63, 3.8) is 0 Å². The molecule has 2 aromatic heterocycles. The summed E-state index contributed by atoms with van der Waals surface area (Å²) in [6.45, 7) is 0.00519. The Kier molecular flexibility index (Phi) is 3.85. The van der Waals surface area contributed by atoms with Crippen molar-refractivity contribution in [2.75, 3.05) is 0 Å². The molecule has 6 heteroatoms. The Balaban J connectivity index is 1.90. The fraction of sp³-hybridized carbons (Fsp3) is 0.357. The highest BCUT2D eigenvalue weighted by atomic mass is 79.9. The third-order valence-corrected chi connectivity index (χ3v) is 5.32. The Morgan fingerprint density at radius 2 is 2.20 bits per heavy atom. The van der Waals surface area contributed by atoms with Crippen molar-refractivity contribution in [1.82, 2.24) is 9.78 Å². The van der Waals surface area contributed by atoms with E-state index in [1.54, 1.807) is 6.07 Å². The van der Waals surface area contributed by atoms with E-state index < -0.39 is 0 Å².